The highest BCUT2D eigenvalue weighted by Gasteiger charge is 2.31. The zero-order valence-corrected chi connectivity index (χ0v) is 22.6. The first-order valence-corrected chi connectivity index (χ1v) is 12.7. The number of methoxy groups -OCH3 is 2. The van der Waals surface area contributed by atoms with Gasteiger partial charge < -0.3 is 24.3 Å². The fourth-order valence-corrected chi connectivity index (χ4v) is 4.68. The van der Waals surface area contributed by atoms with E-state index in [-0.39, 0.29) is 33.8 Å². The van der Waals surface area contributed by atoms with Crippen molar-refractivity contribution in [2.75, 3.05) is 26.1 Å². The van der Waals surface area contributed by atoms with E-state index in [9.17, 15) is 27.6 Å². The molecule has 4 aromatic rings. The molecule has 1 amide bonds. The number of nitrogens with one attached hydrogen (secondary N) is 1. The molecule has 0 aliphatic heterocycles. The van der Waals surface area contributed by atoms with Crippen molar-refractivity contribution in [3.05, 3.63) is 75.5 Å². The molecular weight excluding hydrogens is 567 g/mol. The SMILES string of the molecule is CCOC(=O)c1nn(-c2ccc(OC(F)(F)F)cc2)c(=O)c2c(NC(=O)/C=C/c3ccc(OC)c(OC)c3)scc12. The van der Waals surface area contributed by atoms with Crippen LogP contribution >= 0.6 is 11.3 Å². The lowest BCUT2D eigenvalue weighted by molar-refractivity contribution is -0.274. The van der Waals surface area contributed by atoms with Crippen molar-refractivity contribution in [1.82, 2.24) is 9.78 Å². The average molecular weight is 590 g/mol. The number of carbonyl (C=O) groups excluding carboxylic acids is 2. The van der Waals surface area contributed by atoms with Gasteiger partial charge in [0.15, 0.2) is 17.2 Å². The molecule has 14 heteroatoms. The molecule has 10 nitrogen and oxygen atoms in total. The molecule has 0 fully saturated rings. The Kier molecular flexibility index (Phi) is 8.62. The molecule has 2 aromatic carbocycles. The van der Waals surface area contributed by atoms with Gasteiger partial charge in [-0.25, -0.2) is 4.79 Å². The summed E-state index contributed by atoms with van der Waals surface area (Å²) in [6, 6.07) is 9.41. The first-order chi connectivity index (χ1) is 19.5. The number of halogens is 3. The maximum Gasteiger partial charge on any atom is 0.573 e. The molecule has 0 spiro atoms. The van der Waals surface area contributed by atoms with Gasteiger partial charge in [0, 0.05) is 16.8 Å². The largest absolute Gasteiger partial charge is 0.573 e. The Labute approximate surface area is 234 Å². The highest BCUT2D eigenvalue weighted by atomic mass is 32.1. The van der Waals surface area contributed by atoms with Crippen molar-refractivity contribution >= 4 is 45.1 Å². The highest BCUT2D eigenvalue weighted by molar-refractivity contribution is 7.16. The number of nitrogens with zero attached hydrogens (tertiary/aromatic N) is 2. The molecule has 2 aromatic heterocycles. The molecule has 0 aliphatic carbocycles. The second-order valence-corrected chi connectivity index (χ2v) is 9.00. The van der Waals surface area contributed by atoms with Crippen LogP contribution in [-0.2, 0) is 9.53 Å². The summed E-state index contributed by atoms with van der Waals surface area (Å²) in [6.07, 6.45) is -2.12. The van der Waals surface area contributed by atoms with Crippen LogP contribution in [0.5, 0.6) is 17.2 Å². The zero-order valence-electron chi connectivity index (χ0n) is 21.8. The molecule has 4 rings (SSSR count). The number of ether oxygens (including phenoxy) is 4. The van der Waals surface area contributed by atoms with Crippen LogP contribution in [0.4, 0.5) is 18.2 Å². The minimum absolute atomic E-state index is 0.0271. The number of hydrogen-bond acceptors (Lipinski definition) is 9. The molecule has 0 unspecified atom stereocenters. The van der Waals surface area contributed by atoms with Gasteiger partial charge in [-0.1, -0.05) is 6.07 Å². The van der Waals surface area contributed by atoms with Gasteiger partial charge in [0.1, 0.15) is 10.8 Å². The summed E-state index contributed by atoms with van der Waals surface area (Å²) in [5.74, 6) is -0.920. The third-order valence-electron chi connectivity index (χ3n) is 5.51. The summed E-state index contributed by atoms with van der Waals surface area (Å²) in [5.41, 5.74) is -0.246. The molecule has 0 atom stereocenters. The van der Waals surface area contributed by atoms with Gasteiger partial charge in [-0.2, -0.15) is 9.78 Å². The Morgan fingerprint density at radius 3 is 2.41 bits per heavy atom. The number of esters is 1. The van der Waals surface area contributed by atoms with Gasteiger partial charge in [0.2, 0.25) is 5.91 Å². The molecule has 0 saturated heterocycles. The topological polar surface area (TPSA) is 118 Å². The molecule has 0 saturated carbocycles. The molecular formula is C27H22F3N3O7S. The summed E-state index contributed by atoms with van der Waals surface area (Å²) in [7, 11) is 2.98. The van der Waals surface area contributed by atoms with Crippen molar-refractivity contribution in [2.24, 2.45) is 0 Å². The van der Waals surface area contributed by atoms with Crippen LogP contribution in [-0.4, -0.2) is 48.8 Å². The summed E-state index contributed by atoms with van der Waals surface area (Å²) < 4.78 is 57.9. The van der Waals surface area contributed by atoms with Gasteiger partial charge in [0.25, 0.3) is 5.56 Å². The van der Waals surface area contributed by atoms with E-state index in [1.54, 1.807) is 25.1 Å². The van der Waals surface area contributed by atoms with Gasteiger partial charge in [-0.05, 0) is 55.0 Å². The van der Waals surface area contributed by atoms with Crippen LogP contribution in [0.25, 0.3) is 22.5 Å². The number of hydrogen-bond donors (Lipinski definition) is 1. The predicted octanol–water partition coefficient (Wildman–Crippen LogP) is 5.19. The number of anilines is 1. The third-order valence-corrected chi connectivity index (χ3v) is 6.40. The van der Waals surface area contributed by atoms with E-state index < -0.39 is 29.5 Å². The number of rotatable bonds is 9. The fraction of sp³-hybridized carbons (Fsp3) is 0.185. The van der Waals surface area contributed by atoms with Gasteiger partial charge in [-0.15, -0.1) is 24.5 Å². The van der Waals surface area contributed by atoms with E-state index >= 15 is 0 Å². The number of amides is 1. The minimum Gasteiger partial charge on any atom is -0.493 e. The Morgan fingerprint density at radius 2 is 1.78 bits per heavy atom. The summed E-state index contributed by atoms with van der Waals surface area (Å²) in [6.45, 7) is 1.62. The van der Waals surface area contributed by atoms with Crippen LogP contribution in [0.15, 0.2) is 58.7 Å². The molecule has 2 heterocycles. The zero-order chi connectivity index (χ0) is 29.7. The number of thiophene rings is 1. The highest BCUT2D eigenvalue weighted by Crippen LogP contribution is 2.32. The van der Waals surface area contributed by atoms with E-state index in [4.69, 9.17) is 14.2 Å². The third kappa shape index (κ3) is 6.66. The quantitative estimate of drug-likeness (QED) is 0.209. The van der Waals surface area contributed by atoms with Gasteiger partial charge in [0.05, 0.1) is 31.9 Å². The number of fused-ring (bicyclic) bond motifs is 1. The Balaban J connectivity index is 1.71. The van der Waals surface area contributed by atoms with Crippen molar-refractivity contribution in [2.45, 2.75) is 13.3 Å². The van der Waals surface area contributed by atoms with Crippen molar-refractivity contribution in [3.63, 3.8) is 0 Å². The van der Waals surface area contributed by atoms with E-state index in [0.717, 1.165) is 28.2 Å². The Bertz CT molecular complexity index is 1680. The second-order valence-electron chi connectivity index (χ2n) is 8.12. The predicted molar refractivity (Wildman–Crippen MR) is 145 cm³/mol. The number of aromatic nitrogens is 2. The van der Waals surface area contributed by atoms with Gasteiger partial charge >= 0.3 is 12.3 Å². The number of carbonyl (C=O) groups is 2. The van der Waals surface area contributed by atoms with E-state index in [1.165, 1.54) is 43.9 Å². The van der Waals surface area contributed by atoms with Gasteiger partial charge in [-0.3, -0.25) is 9.59 Å². The smallest absolute Gasteiger partial charge is 0.493 e. The fourth-order valence-electron chi connectivity index (χ4n) is 3.74. The molecule has 0 aliphatic rings. The van der Waals surface area contributed by atoms with Crippen molar-refractivity contribution < 1.29 is 41.7 Å². The minimum atomic E-state index is -4.90. The second kappa shape index (κ2) is 12.1. The van der Waals surface area contributed by atoms with Crippen LogP contribution in [0, 0.1) is 0 Å². The van der Waals surface area contributed by atoms with Crippen LogP contribution in [0.1, 0.15) is 23.0 Å². The number of benzene rings is 2. The van der Waals surface area contributed by atoms with E-state index in [0.29, 0.717) is 17.1 Å². The summed E-state index contributed by atoms with van der Waals surface area (Å²) in [4.78, 5) is 39.0. The molecule has 214 valence electrons. The lowest BCUT2D eigenvalue weighted by Gasteiger charge is -2.11. The monoisotopic (exact) mass is 589 g/mol. The number of alkyl halides is 3. The lowest BCUT2D eigenvalue weighted by atomic mass is 10.2. The summed E-state index contributed by atoms with van der Waals surface area (Å²) >= 11 is 0.992. The Hall–Kier alpha value is -4.85. The lowest BCUT2D eigenvalue weighted by Crippen LogP contribution is -2.25. The Morgan fingerprint density at radius 1 is 1.07 bits per heavy atom. The van der Waals surface area contributed by atoms with E-state index in [2.05, 4.69) is 15.2 Å². The van der Waals surface area contributed by atoms with Crippen LogP contribution in [0.3, 0.4) is 0 Å². The van der Waals surface area contributed by atoms with Crippen molar-refractivity contribution in [3.8, 4) is 22.9 Å². The molecule has 0 radical (unpaired) electrons. The maximum absolute atomic E-state index is 13.5. The molecule has 0 bridgehead atoms. The van der Waals surface area contributed by atoms with E-state index in [1.807, 2.05) is 0 Å². The van der Waals surface area contributed by atoms with Crippen LogP contribution in [0.2, 0.25) is 0 Å². The summed E-state index contributed by atoms with van der Waals surface area (Å²) in [5, 5.41) is 8.48. The first-order valence-electron chi connectivity index (χ1n) is 11.8. The molecule has 41 heavy (non-hydrogen) atoms. The van der Waals surface area contributed by atoms with Crippen LogP contribution < -0.4 is 25.1 Å². The maximum atomic E-state index is 13.5. The normalized spacial score (nSPS) is 11.5. The standard InChI is InChI=1S/C27H22F3N3O7S/c1-4-39-26(36)23-18-14-41-24(31-21(34)12-6-15-5-11-19(37-2)20(13-15)38-3)22(18)25(35)33(32-23)16-7-9-17(10-8-16)40-27(28,29)30/h5-14H,4H2,1-3H3,(H,31,34)/b12-6+. The first kappa shape index (κ1) is 29.1. The average Bonchev–Trinajstić information content (AvgIpc) is 3.35. The van der Waals surface area contributed by atoms with Crippen molar-refractivity contribution in [1.29, 1.82) is 0 Å². The molecule has 1 N–H and O–H groups in total.